The summed E-state index contributed by atoms with van der Waals surface area (Å²) in [5, 5.41) is 11.7. The van der Waals surface area contributed by atoms with E-state index in [9.17, 15) is 9.59 Å². The number of aliphatic carboxylic acids is 1. The predicted octanol–water partition coefficient (Wildman–Crippen LogP) is 2.05. The number of hydrogen-bond donors (Lipinski definition) is 2. The fraction of sp³-hybridized carbons (Fsp3) is 0.467. The Kier molecular flexibility index (Phi) is 4.61. The molecule has 20 heavy (non-hydrogen) atoms. The van der Waals surface area contributed by atoms with E-state index in [0.29, 0.717) is 6.54 Å². The molecule has 1 aliphatic carbocycles. The Labute approximate surface area is 118 Å². The van der Waals surface area contributed by atoms with Crippen molar-refractivity contribution < 1.29 is 14.7 Å². The summed E-state index contributed by atoms with van der Waals surface area (Å²) in [6, 6.07) is 9.75. The molecule has 1 aliphatic rings. The van der Waals surface area contributed by atoms with Gasteiger partial charge in [0, 0.05) is 12.6 Å². The normalized spacial score (nSPS) is 15.4. The number of nitrogens with zero attached hydrogens (tertiary/aromatic N) is 1. The molecule has 1 atom stereocenters. The number of hydrogen-bond acceptors (Lipinski definition) is 2. The molecule has 2 amide bonds. The third-order valence-electron chi connectivity index (χ3n) is 3.48. The molecular weight excluding hydrogens is 256 g/mol. The lowest BCUT2D eigenvalue weighted by Crippen LogP contribution is -2.45. The van der Waals surface area contributed by atoms with Gasteiger partial charge in [-0.2, -0.15) is 0 Å². The Bertz CT molecular complexity index is 471. The van der Waals surface area contributed by atoms with Gasteiger partial charge in [0.15, 0.2) is 0 Å². The van der Waals surface area contributed by atoms with Crippen molar-refractivity contribution in [1.29, 1.82) is 0 Å². The number of carboxylic acids is 1. The van der Waals surface area contributed by atoms with Crippen LogP contribution < -0.4 is 5.32 Å². The van der Waals surface area contributed by atoms with Crippen molar-refractivity contribution >= 4 is 12.0 Å². The van der Waals surface area contributed by atoms with E-state index < -0.39 is 5.97 Å². The number of nitrogens with one attached hydrogen (secondary N) is 1. The van der Waals surface area contributed by atoms with Crippen molar-refractivity contribution in [3.63, 3.8) is 0 Å². The second kappa shape index (κ2) is 6.41. The zero-order valence-corrected chi connectivity index (χ0v) is 11.6. The van der Waals surface area contributed by atoms with Crippen LogP contribution in [0.5, 0.6) is 0 Å². The standard InChI is InChI=1S/C15H20N2O3/c1-11(12-5-3-2-4-6-12)9-16-15(20)17(10-14(18)19)13-7-8-13/h2-6,11,13H,7-10H2,1H3,(H,16,20)(H,18,19). The summed E-state index contributed by atoms with van der Waals surface area (Å²) >= 11 is 0. The molecule has 2 N–H and O–H groups in total. The Balaban J connectivity index is 1.85. The summed E-state index contributed by atoms with van der Waals surface area (Å²) in [5.74, 6) is -0.769. The van der Waals surface area contributed by atoms with Crippen LogP contribution in [0.2, 0.25) is 0 Å². The van der Waals surface area contributed by atoms with Gasteiger partial charge in [-0.1, -0.05) is 37.3 Å². The fourth-order valence-corrected chi connectivity index (χ4v) is 2.14. The average molecular weight is 276 g/mol. The Morgan fingerprint density at radius 3 is 2.55 bits per heavy atom. The molecule has 1 fully saturated rings. The zero-order valence-electron chi connectivity index (χ0n) is 11.6. The highest BCUT2D eigenvalue weighted by molar-refractivity contribution is 5.80. The molecule has 0 spiro atoms. The number of carboxylic acid groups (broad SMARTS) is 1. The van der Waals surface area contributed by atoms with Gasteiger partial charge in [0.25, 0.3) is 0 Å². The minimum absolute atomic E-state index is 0.0955. The van der Waals surface area contributed by atoms with Gasteiger partial charge < -0.3 is 15.3 Å². The summed E-state index contributed by atoms with van der Waals surface area (Å²) < 4.78 is 0. The number of carbonyl (C=O) groups excluding carboxylic acids is 1. The molecule has 1 saturated carbocycles. The first-order valence-electron chi connectivity index (χ1n) is 6.89. The lowest BCUT2D eigenvalue weighted by Gasteiger charge is -2.22. The molecule has 0 radical (unpaired) electrons. The van der Waals surface area contributed by atoms with E-state index in [0.717, 1.165) is 18.4 Å². The van der Waals surface area contributed by atoms with Crippen LogP contribution in [0.25, 0.3) is 0 Å². The quantitative estimate of drug-likeness (QED) is 0.835. The average Bonchev–Trinajstić information content (AvgIpc) is 3.27. The van der Waals surface area contributed by atoms with Crippen LogP contribution in [0.15, 0.2) is 30.3 Å². The summed E-state index contributed by atoms with van der Waals surface area (Å²) in [6.07, 6.45) is 1.80. The Morgan fingerprint density at radius 1 is 1.35 bits per heavy atom. The van der Waals surface area contributed by atoms with Crippen LogP contribution in [0.3, 0.4) is 0 Å². The van der Waals surface area contributed by atoms with Gasteiger partial charge in [0.1, 0.15) is 6.54 Å². The second-order valence-electron chi connectivity index (χ2n) is 5.25. The van der Waals surface area contributed by atoms with Crippen molar-refractivity contribution in [3.05, 3.63) is 35.9 Å². The molecule has 108 valence electrons. The van der Waals surface area contributed by atoms with Crippen molar-refractivity contribution in [2.24, 2.45) is 0 Å². The molecule has 0 aromatic heterocycles. The lowest BCUT2D eigenvalue weighted by molar-refractivity contribution is -0.137. The maximum atomic E-state index is 12.0. The molecule has 0 saturated heterocycles. The molecule has 0 bridgehead atoms. The molecule has 5 nitrogen and oxygen atoms in total. The monoisotopic (exact) mass is 276 g/mol. The van der Waals surface area contributed by atoms with Crippen LogP contribution in [-0.4, -0.2) is 41.1 Å². The highest BCUT2D eigenvalue weighted by Gasteiger charge is 2.33. The molecule has 1 aromatic carbocycles. The third kappa shape index (κ3) is 3.98. The third-order valence-corrected chi connectivity index (χ3v) is 3.48. The van der Waals surface area contributed by atoms with Crippen LogP contribution in [0, 0.1) is 0 Å². The first-order chi connectivity index (χ1) is 9.58. The molecule has 5 heteroatoms. The summed E-state index contributed by atoms with van der Waals surface area (Å²) in [6.45, 7) is 2.32. The number of benzene rings is 1. The van der Waals surface area contributed by atoms with Crippen LogP contribution in [0.4, 0.5) is 4.79 Å². The van der Waals surface area contributed by atoms with Crippen LogP contribution in [-0.2, 0) is 4.79 Å². The van der Waals surface area contributed by atoms with Gasteiger partial charge in [-0.05, 0) is 24.3 Å². The fourth-order valence-electron chi connectivity index (χ4n) is 2.14. The predicted molar refractivity (Wildman–Crippen MR) is 75.6 cm³/mol. The first-order valence-corrected chi connectivity index (χ1v) is 6.89. The number of rotatable bonds is 6. The first kappa shape index (κ1) is 14.4. The number of urea groups is 1. The Morgan fingerprint density at radius 2 is 2.00 bits per heavy atom. The number of amides is 2. The smallest absolute Gasteiger partial charge is 0.323 e. The minimum Gasteiger partial charge on any atom is -0.480 e. The molecule has 0 heterocycles. The van der Waals surface area contributed by atoms with E-state index in [1.165, 1.54) is 4.90 Å². The SMILES string of the molecule is CC(CNC(=O)N(CC(=O)O)C1CC1)c1ccccc1. The molecule has 2 rings (SSSR count). The molecule has 1 aromatic rings. The van der Waals surface area contributed by atoms with E-state index in [1.54, 1.807) is 0 Å². The van der Waals surface area contributed by atoms with Gasteiger partial charge in [0.2, 0.25) is 0 Å². The van der Waals surface area contributed by atoms with Gasteiger partial charge in [-0.15, -0.1) is 0 Å². The Hall–Kier alpha value is -2.04. The van der Waals surface area contributed by atoms with Crippen molar-refractivity contribution in [3.8, 4) is 0 Å². The van der Waals surface area contributed by atoms with Crippen LogP contribution >= 0.6 is 0 Å². The highest BCUT2D eigenvalue weighted by atomic mass is 16.4. The molecule has 1 unspecified atom stereocenters. The highest BCUT2D eigenvalue weighted by Crippen LogP contribution is 2.26. The van der Waals surface area contributed by atoms with Gasteiger partial charge in [-0.3, -0.25) is 4.79 Å². The van der Waals surface area contributed by atoms with Crippen molar-refractivity contribution in [2.75, 3.05) is 13.1 Å². The minimum atomic E-state index is -0.969. The van der Waals surface area contributed by atoms with Crippen molar-refractivity contribution in [1.82, 2.24) is 10.2 Å². The summed E-state index contributed by atoms with van der Waals surface area (Å²) in [5.41, 5.74) is 1.16. The summed E-state index contributed by atoms with van der Waals surface area (Å²) in [7, 11) is 0. The van der Waals surface area contributed by atoms with E-state index in [1.807, 2.05) is 37.3 Å². The maximum Gasteiger partial charge on any atom is 0.323 e. The second-order valence-corrected chi connectivity index (χ2v) is 5.25. The largest absolute Gasteiger partial charge is 0.480 e. The topological polar surface area (TPSA) is 69.6 Å². The molecular formula is C15H20N2O3. The van der Waals surface area contributed by atoms with Gasteiger partial charge >= 0.3 is 12.0 Å². The van der Waals surface area contributed by atoms with E-state index in [4.69, 9.17) is 5.11 Å². The van der Waals surface area contributed by atoms with E-state index in [-0.39, 0.29) is 24.5 Å². The zero-order chi connectivity index (χ0) is 14.5. The number of carbonyl (C=O) groups is 2. The maximum absolute atomic E-state index is 12.0. The molecule has 0 aliphatic heterocycles. The summed E-state index contributed by atoms with van der Waals surface area (Å²) in [4.78, 5) is 24.2. The van der Waals surface area contributed by atoms with Crippen LogP contribution in [0.1, 0.15) is 31.2 Å². The van der Waals surface area contributed by atoms with Gasteiger partial charge in [0.05, 0.1) is 0 Å². The van der Waals surface area contributed by atoms with E-state index >= 15 is 0 Å². The lowest BCUT2D eigenvalue weighted by atomic mass is 10.0. The van der Waals surface area contributed by atoms with E-state index in [2.05, 4.69) is 5.32 Å². The van der Waals surface area contributed by atoms with Crippen molar-refractivity contribution in [2.45, 2.75) is 31.7 Å². The van der Waals surface area contributed by atoms with Gasteiger partial charge in [-0.25, -0.2) is 4.79 Å².